The molecule has 0 aliphatic rings. The maximum Gasteiger partial charge on any atom is 0.234 e. The van der Waals surface area contributed by atoms with Gasteiger partial charge in [0.25, 0.3) is 0 Å². The van der Waals surface area contributed by atoms with Gasteiger partial charge in [-0.1, -0.05) is 17.8 Å². The monoisotopic (exact) mass is 347 g/mol. The molecule has 3 N–H and O–H groups in total. The number of hydrogen-bond acceptors (Lipinski definition) is 5. The average molecular weight is 347 g/mol. The van der Waals surface area contributed by atoms with E-state index in [1.165, 1.54) is 11.8 Å². The van der Waals surface area contributed by atoms with E-state index in [2.05, 4.69) is 21.6 Å². The predicted octanol–water partition coefficient (Wildman–Crippen LogP) is 1.58. The Balaban J connectivity index is 1.91. The number of nitrogens with zero attached hydrogens (tertiary/aromatic N) is 3. The number of amides is 2. The van der Waals surface area contributed by atoms with Crippen LogP contribution >= 0.6 is 11.8 Å². The van der Waals surface area contributed by atoms with E-state index < -0.39 is 0 Å². The Morgan fingerprint density at radius 1 is 1.21 bits per heavy atom. The summed E-state index contributed by atoms with van der Waals surface area (Å²) in [5.74, 6) is 0.423. The molecule has 0 radical (unpaired) electrons. The number of primary amides is 1. The summed E-state index contributed by atoms with van der Waals surface area (Å²) in [6, 6.07) is 5.91. The van der Waals surface area contributed by atoms with Gasteiger partial charge in [0.15, 0.2) is 5.16 Å². The minimum Gasteiger partial charge on any atom is -0.370 e. The van der Waals surface area contributed by atoms with Gasteiger partial charge in [0.05, 0.1) is 5.75 Å². The average Bonchev–Trinajstić information content (AvgIpc) is 2.82. The minimum absolute atomic E-state index is 0.105. The van der Waals surface area contributed by atoms with Crippen LogP contribution in [0.15, 0.2) is 23.4 Å². The highest BCUT2D eigenvalue weighted by Gasteiger charge is 2.12. The number of benzene rings is 1. The second kappa shape index (κ2) is 7.96. The molecule has 0 saturated heterocycles. The molecule has 0 unspecified atom stereocenters. The van der Waals surface area contributed by atoms with E-state index >= 15 is 0 Å². The van der Waals surface area contributed by atoms with E-state index in [1.807, 2.05) is 26.0 Å². The van der Waals surface area contributed by atoms with Crippen molar-refractivity contribution in [3.8, 4) is 0 Å². The summed E-state index contributed by atoms with van der Waals surface area (Å²) in [6.07, 6.45) is 0.665. The summed E-state index contributed by atoms with van der Waals surface area (Å²) < 4.78 is 1.78. The van der Waals surface area contributed by atoms with Gasteiger partial charge in [-0.15, -0.1) is 10.2 Å². The van der Waals surface area contributed by atoms with Crippen LogP contribution in [0, 0.1) is 13.8 Å². The summed E-state index contributed by atoms with van der Waals surface area (Å²) >= 11 is 1.30. The maximum atomic E-state index is 12.1. The number of carbonyl (C=O) groups is 2. The molecule has 128 valence electrons. The minimum atomic E-state index is -0.375. The number of aromatic nitrogens is 3. The van der Waals surface area contributed by atoms with Crippen LogP contribution < -0.4 is 11.1 Å². The fraction of sp³-hybridized carbons (Fsp3) is 0.375. The van der Waals surface area contributed by atoms with Crippen LogP contribution in [0.5, 0.6) is 0 Å². The third-order valence-corrected chi connectivity index (χ3v) is 4.38. The van der Waals surface area contributed by atoms with Crippen molar-refractivity contribution < 1.29 is 9.59 Å². The van der Waals surface area contributed by atoms with Crippen molar-refractivity contribution in [1.29, 1.82) is 0 Å². The quantitative estimate of drug-likeness (QED) is 0.740. The topological polar surface area (TPSA) is 103 Å². The van der Waals surface area contributed by atoms with Crippen LogP contribution in [0.4, 0.5) is 5.69 Å². The number of aryl methyl sites for hydroxylation is 3. The van der Waals surface area contributed by atoms with Crippen molar-refractivity contribution >= 4 is 29.3 Å². The Labute approximate surface area is 145 Å². The molecular weight excluding hydrogens is 326 g/mol. The maximum absolute atomic E-state index is 12.1. The van der Waals surface area contributed by atoms with Crippen molar-refractivity contribution in [1.82, 2.24) is 14.8 Å². The van der Waals surface area contributed by atoms with Gasteiger partial charge in [0.1, 0.15) is 5.82 Å². The van der Waals surface area contributed by atoms with Gasteiger partial charge in [0, 0.05) is 25.6 Å². The fourth-order valence-electron chi connectivity index (χ4n) is 2.30. The van der Waals surface area contributed by atoms with E-state index in [0.717, 1.165) is 16.8 Å². The fourth-order valence-corrected chi connectivity index (χ4v) is 3.03. The molecule has 0 fully saturated rings. The molecule has 2 aromatic rings. The number of carbonyl (C=O) groups excluding carboxylic acids is 2. The first-order valence-corrected chi connectivity index (χ1v) is 8.51. The molecule has 8 heteroatoms. The van der Waals surface area contributed by atoms with Crippen LogP contribution in [-0.4, -0.2) is 32.3 Å². The number of hydrogen-bond donors (Lipinski definition) is 2. The Hall–Kier alpha value is -2.35. The zero-order valence-corrected chi connectivity index (χ0v) is 14.8. The van der Waals surface area contributed by atoms with Crippen LogP contribution in [0.1, 0.15) is 23.4 Å². The van der Waals surface area contributed by atoms with E-state index in [1.54, 1.807) is 11.6 Å². The van der Waals surface area contributed by atoms with E-state index in [0.29, 0.717) is 17.4 Å². The molecule has 0 spiro atoms. The van der Waals surface area contributed by atoms with Gasteiger partial charge in [-0.2, -0.15) is 0 Å². The Kier molecular flexibility index (Phi) is 5.97. The second-order valence-electron chi connectivity index (χ2n) is 5.64. The number of thioether (sulfide) groups is 1. The highest BCUT2D eigenvalue weighted by Crippen LogP contribution is 2.18. The van der Waals surface area contributed by atoms with Crippen LogP contribution in [-0.2, 0) is 23.1 Å². The van der Waals surface area contributed by atoms with Gasteiger partial charge in [-0.3, -0.25) is 9.59 Å². The van der Waals surface area contributed by atoms with Crippen molar-refractivity contribution in [3.63, 3.8) is 0 Å². The van der Waals surface area contributed by atoms with Gasteiger partial charge in [0.2, 0.25) is 11.8 Å². The van der Waals surface area contributed by atoms with Gasteiger partial charge in [-0.25, -0.2) is 0 Å². The zero-order valence-electron chi connectivity index (χ0n) is 14.0. The SMILES string of the molecule is Cc1cc(C)cc(NC(=O)CSc2nnc(CCC(N)=O)n2C)c1. The molecule has 2 amide bonds. The van der Waals surface area contributed by atoms with Gasteiger partial charge in [-0.05, 0) is 37.1 Å². The van der Waals surface area contributed by atoms with E-state index in [9.17, 15) is 9.59 Å². The summed E-state index contributed by atoms with van der Waals surface area (Å²) in [6.45, 7) is 3.98. The zero-order chi connectivity index (χ0) is 17.7. The molecule has 2 rings (SSSR count). The first-order valence-electron chi connectivity index (χ1n) is 7.52. The molecular formula is C16H21N5O2S. The second-order valence-corrected chi connectivity index (χ2v) is 6.58. The van der Waals surface area contributed by atoms with Crippen LogP contribution in [0.2, 0.25) is 0 Å². The summed E-state index contributed by atoms with van der Waals surface area (Å²) in [5, 5.41) is 11.6. The van der Waals surface area contributed by atoms with Crippen LogP contribution in [0.25, 0.3) is 0 Å². The number of nitrogens with one attached hydrogen (secondary N) is 1. The lowest BCUT2D eigenvalue weighted by molar-refractivity contribution is -0.118. The van der Waals surface area contributed by atoms with Gasteiger partial charge >= 0.3 is 0 Å². The third kappa shape index (κ3) is 5.09. The Morgan fingerprint density at radius 3 is 2.50 bits per heavy atom. The highest BCUT2D eigenvalue weighted by molar-refractivity contribution is 7.99. The van der Waals surface area contributed by atoms with Gasteiger partial charge < -0.3 is 15.6 Å². The highest BCUT2D eigenvalue weighted by atomic mass is 32.2. The Morgan fingerprint density at radius 2 is 1.88 bits per heavy atom. The molecule has 24 heavy (non-hydrogen) atoms. The molecule has 7 nitrogen and oxygen atoms in total. The summed E-state index contributed by atoms with van der Waals surface area (Å²) in [5.41, 5.74) is 8.13. The van der Waals surface area contributed by atoms with Crippen molar-refractivity contribution in [3.05, 3.63) is 35.2 Å². The van der Waals surface area contributed by atoms with E-state index in [-0.39, 0.29) is 24.0 Å². The number of rotatable bonds is 7. The van der Waals surface area contributed by atoms with Crippen molar-refractivity contribution in [2.45, 2.75) is 31.8 Å². The van der Waals surface area contributed by atoms with Crippen LogP contribution in [0.3, 0.4) is 0 Å². The normalized spacial score (nSPS) is 10.6. The summed E-state index contributed by atoms with van der Waals surface area (Å²) in [4.78, 5) is 22.9. The largest absolute Gasteiger partial charge is 0.370 e. The Bertz CT molecular complexity index is 737. The molecule has 0 aliphatic heterocycles. The summed E-state index contributed by atoms with van der Waals surface area (Å²) in [7, 11) is 1.81. The smallest absolute Gasteiger partial charge is 0.234 e. The molecule has 1 aromatic heterocycles. The lowest BCUT2D eigenvalue weighted by Gasteiger charge is -2.07. The first-order chi connectivity index (χ1) is 11.3. The molecule has 0 saturated carbocycles. The molecule has 1 heterocycles. The number of nitrogens with two attached hydrogens (primary N) is 1. The third-order valence-electron chi connectivity index (χ3n) is 3.36. The molecule has 0 atom stereocenters. The van der Waals surface area contributed by atoms with Crippen molar-refractivity contribution in [2.75, 3.05) is 11.1 Å². The standard InChI is InChI=1S/C16H21N5O2S/c1-10-6-11(2)8-12(7-10)18-15(23)9-24-16-20-19-14(21(16)3)5-4-13(17)22/h6-8H,4-5,9H2,1-3H3,(H2,17,22)(H,18,23). The molecule has 0 aliphatic carbocycles. The van der Waals surface area contributed by atoms with Crippen molar-refractivity contribution in [2.24, 2.45) is 12.8 Å². The lowest BCUT2D eigenvalue weighted by Crippen LogP contribution is -2.15. The molecule has 0 bridgehead atoms. The van der Waals surface area contributed by atoms with E-state index in [4.69, 9.17) is 5.73 Å². The lowest BCUT2D eigenvalue weighted by atomic mass is 10.1. The first kappa shape index (κ1) is 18.0. The molecule has 1 aromatic carbocycles. The number of anilines is 1. The predicted molar refractivity (Wildman–Crippen MR) is 93.8 cm³/mol.